The molecular weight excluding hydrogens is 706 g/mol. The zero-order valence-corrected chi connectivity index (χ0v) is 30.1. The lowest BCUT2D eigenvalue weighted by Crippen LogP contribution is -2.35. The number of nitrogens with zero attached hydrogens (tertiary/aromatic N) is 4. The van der Waals surface area contributed by atoms with Gasteiger partial charge < -0.3 is 39.3 Å². The number of esters is 2. The number of imidazole rings is 1. The second kappa shape index (κ2) is 19.1. The van der Waals surface area contributed by atoms with E-state index < -0.39 is 43.7 Å². The van der Waals surface area contributed by atoms with E-state index in [-0.39, 0.29) is 45.3 Å². The molecule has 0 aliphatic heterocycles. The Labute approximate surface area is 306 Å². The first-order valence-corrected chi connectivity index (χ1v) is 18.7. The summed E-state index contributed by atoms with van der Waals surface area (Å²) in [6.45, 7) is 1.40. The predicted octanol–water partition coefficient (Wildman–Crippen LogP) is 5.27. The van der Waals surface area contributed by atoms with Crippen LogP contribution >= 0.6 is 7.60 Å². The molecule has 2 aromatic heterocycles. The van der Waals surface area contributed by atoms with E-state index in [1.807, 2.05) is 60.7 Å². The molecule has 0 amide bonds. The second-order valence-corrected chi connectivity index (χ2v) is 14.0. The van der Waals surface area contributed by atoms with Gasteiger partial charge in [0.1, 0.15) is 36.7 Å². The monoisotopic (exact) mass is 748 g/mol. The summed E-state index contributed by atoms with van der Waals surface area (Å²) in [5.41, 5.74) is 15.3. The number of fused-ring (bicyclic) bond motifs is 1. The minimum Gasteiger partial charge on any atom is -0.465 e. The summed E-state index contributed by atoms with van der Waals surface area (Å²) in [6.07, 6.45) is 2.93. The Kier molecular flexibility index (Phi) is 14.2. The van der Waals surface area contributed by atoms with E-state index in [1.54, 1.807) is 30.0 Å². The van der Waals surface area contributed by atoms with Gasteiger partial charge in [-0.3, -0.25) is 14.2 Å². The topological polar surface area (TPSA) is 193 Å². The minimum atomic E-state index is -3.88. The van der Waals surface area contributed by atoms with Gasteiger partial charge in [-0.05, 0) is 36.1 Å². The molecule has 14 nitrogen and oxygen atoms in total. The molecule has 3 atom stereocenters. The Hall–Kier alpha value is -5.05. The molecule has 53 heavy (non-hydrogen) atoms. The number of ether oxygens (including phenoxy) is 3. The summed E-state index contributed by atoms with van der Waals surface area (Å²) in [5, 5.41) is 0. The first-order chi connectivity index (χ1) is 25.6. The lowest BCUT2D eigenvalue weighted by Gasteiger charge is -2.19. The van der Waals surface area contributed by atoms with Crippen molar-refractivity contribution in [2.24, 2.45) is 5.73 Å². The third kappa shape index (κ3) is 11.2. The fraction of sp³-hybridized carbons (Fsp3) is 0.324. The van der Waals surface area contributed by atoms with Gasteiger partial charge in [0.05, 0.1) is 38.7 Å². The minimum absolute atomic E-state index is 0.0514. The zero-order valence-electron chi connectivity index (χ0n) is 29.2. The maximum Gasteiger partial charge on any atom is 0.356 e. The van der Waals surface area contributed by atoms with Crippen LogP contribution in [0.2, 0.25) is 0 Å². The largest absolute Gasteiger partial charge is 0.465 e. The van der Waals surface area contributed by atoms with Crippen LogP contribution in [0.3, 0.4) is 0 Å². The predicted molar refractivity (Wildman–Crippen MR) is 195 cm³/mol. The smallest absolute Gasteiger partial charge is 0.356 e. The summed E-state index contributed by atoms with van der Waals surface area (Å²) in [5.74, 6) is -2.11. The van der Waals surface area contributed by atoms with Crippen molar-refractivity contribution in [2.45, 2.75) is 38.3 Å². The summed E-state index contributed by atoms with van der Waals surface area (Å²) in [4.78, 5) is 37.5. The van der Waals surface area contributed by atoms with Crippen LogP contribution in [-0.2, 0) is 50.4 Å². The van der Waals surface area contributed by atoms with Crippen molar-refractivity contribution in [3.05, 3.63) is 108 Å². The molecule has 0 aliphatic rings. The average Bonchev–Trinajstić information content (AvgIpc) is 3.59. The molecule has 5 aromatic rings. The van der Waals surface area contributed by atoms with Crippen LogP contribution in [0, 0.1) is 5.82 Å². The normalized spacial score (nSPS) is 13.6. The van der Waals surface area contributed by atoms with Gasteiger partial charge >= 0.3 is 19.5 Å². The van der Waals surface area contributed by atoms with Crippen LogP contribution in [0.5, 0.6) is 0 Å². The molecule has 5 rings (SSSR count). The standard InChI is InChI=1S/C37H42FN6O8P/c1-26(29-13-14-30(31(38)22-29)28-11-6-3-7-12-28)36(45)49-16-8-17-51-53(47,25-48-18-15-44-24-43-33-34(40)41-23-42-35(33)44)52-20-19-50-37(46)32(39)21-27-9-4-2-5-10-27/h2-7,9-14,22-24,26,32H,8,15-21,25,39H2,1H3,(H2,40,41,42)/t26?,32-,53?/m1/s1. The molecule has 2 unspecified atom stereocenters. The van der Waals surface area contributed by atoms with Crippen molar-refractivity contribution >= 4 is 36.5 Å². The first kappa shape index (κ1) is 39.2. The number of hydrogen-bond donors (Lipinski definition) is 2. The van der Waals surface area contributed by atoms with E-state index in [0.29, 0.717) is 35.3 Å². The second-order valence-electron chi connectivity index (χ2n) is 12.0. The first-order valence-electron chi connectivity index (χ1n) is 17.0. The quantitative estimate of drug-likeness (QED) is 0.0595. The van der Waals surface area contributed by atoms with Gasteiger partial charge in [0.15, 0.2) is 11.5 Å². The summed E-state index contributed by atoms with van der Waals surface area (Å²) in [6, 6.07) is 22.2. The van der Waals surface area contributed by atoms with Crippen molar-refractivity contribution in [1.82, 2.24) is 19.5 Å². The molecule has 2 heterocycles. The summed E-state index contributed by atoms with van der Waals surface area (Å²) in [7, 11) is -3.88. The molecule has 0 saturated heterocycles. The van der Waals surface area contributed by atoms with Gasteiger partial charge in [-0.2, -0.15) is 0 Å². The van der Waals surface area contributed by atoms with Crippen LogP contribution < -0.4 is 11.5 Å². The molecule has 4 N–H and O–H groups in total. The highest BCUT2D eigenvalue weighted by atomic mass is 31.2. The van der Waals surface area contributed by atoms with Crippen LogP contribution in [0.4, 0.5) is 10.2 Å². The fourth-order valence-electron chi connectivity index (χ4n) is 5.24. The third-order valence-corrected chi connectivity index (χ3v) is 9.78. The van der Waals surface area contributed by atoms with Gasteiger partial charge in [0.25, 0.3) is 0 Å². The van der Waals surface area contributed by atoms with Crippen LogP contribution in [0.15, 0.2) is 91.5 Å². The van der Waals surface area contributed by atoms with Gasteiger partial charge in [-0.15, -0.1) is 0 Å². The van der Waals surface area contributed by atoms with E-state index in [1.165, 1.54) is 12.4 Å². The van der Waals surface area contributed by atoms with Gasteiger partial charge in [0.2, 0.25) is 0 Å². The molecule has 0 saturated carbocycles. The van der Waals surface area contributed by atoms with Crippen molar-refractivity contribution < 1.29 is 41.8 Å². The highest BCUT2D eigenvalue weighted by molar-refractivity contribution is 7.53. The highest BCUT2D eigenvalue weighted by Crippen LogP contribution is 2.48. The van der Waals surface area contributed by atoms with E-state index >= 15 is 0 Å². The zero-order chi connectivity index (χ0) is 37.6. The Balaban J connectivity index is 1.09. The molecule has 280 valence electrons. The van der Waals surface area contributed by atoms with E-state index in [9.17, 15) is 18.5 Å². The lowest BCUT2D eigenvalue weighted by atomic mass is 9.97. The Morgan fingerprint density at radius 1 is 0.868 bits per heavy atom. The van der Waals surface area contributed by atoms with Crippen molar-refractivity contribution in [3.8, 4) is 11.1 Å². The average molecular weight is 749 g/mol. The number of benzene rings is 3. The van der Waals surface area contributed by atoms with Crippen molar-refractivity contribution in [3.63, 3.8) is 0 Å². The number of carbonyl (C=O) groups excluding carboxylic acids is 2. The maximum absolute atomic E-state index is 14.9. The molecule has 0 spiro atoms. The Morgan fingerprint density at radius 3 is 2.34 bits per heavy atom. The molecule has 0 fully saturated rings. The number of carbonyl (C=O) groups is 2. The number of nitrogens with two attached hydrogens (primary N) is 2. The number of aromatic nitrogens is 4. The summed E-state index contributed by atoms with van der Waals surface area (Å²) < 4.78 is 57.8. The molecular formula is C37H42FN6O8P. The van der Waals surface area contributed by atoms with E-state index in [2.05, 4.69) is 15.0 Å². The molecule has 0 bridgehead atoms. The number of halogens is 1. The van der Waals surface area contributed by atoms with E-state index in [0.717, 1.165) is 11.1 Å². The number of anilines is 1. The van der Waals surface area contributed by atoms with Crippen molar-refractivity contribution in [1.29, 1.82) is 0 Å². The van der Waals surface area contributed by atoms with Crippen molar-refractivity contribution in [2.75, 3.05) is 45.1 Å². The molecule has 0 radical (unpaired) electrons. The van der Waals surface area contributed by atoms with Gasteiger partial charge in [0, 0.05) is 18.5 Å². The van der Waals surface area contributed by atoms with Crippen LogP contribution in [0.1, 0.15) is 30.4 Å². The Bertz CT molecular complexity index is 2000. The summed E-state index contributed by atoms with van der Waals surface area (Å²) >= 11 is 0. The molecule has 16 heteroatoms. The molecule has 3 aromatic carbocycles. The van der Waals surface area contributed by atoms with Crippen LogP contribution in [0.25, 0.3) is 22.3 Å². The maximum atomic E-state index is 14.9. The van der Waals surface area contributed by atoms with Crippen LogP contribution in [-0.4, -0.2) is 76.9 Å². The number of hydrogen-bond acceptors (Lipinski definition) is 13. The van der Waals surface area contributed by atoms with E-state index in [4.69, 9.17) is 34.7 Å². The lowest BCUT2D eigenvalue weighted by molar-refractivity contribution is -0.146. The highest BCUT2D eigenvalue weighted by Gasteiger charge is 2.26. The fourth-order valence-corrected chi connectivity index (χ4v) is 6.58. The van der Waals surface area contributed by atoms with Gasteiger partial charge in [-0.25, -0.2) is 19.3 Å². The number of rotatable bonds is 20. The van der Waals surface area contributed by atoms with Gasteiger partial charge in [-0.1, -0.05) is 72.8 Å². The number of nitrogen functional groups attached to an aromatic ring is 1. The molecule has 0 aliphatic carbocycles. The SMILES string of the molecule is CC(C(=O)OCCCOP(=O)(COCCn1cnc2c(N)ncnc21)OCCOC(=O)[C@H](N)Cc1ccccc1)c1ccc(-c2ccccc2)c(F)c1. The third-order valence-electron chi connectivity index (χ3n) is 8.12. The Morgan fingerprint density at radius 2 is 1.58 bits per heavy atom.